The number of benzene rings is 1. The van der Waals surface area contributed by atoms with Crippen molar-refractivity contribution in [2.24, 2.45) is 0 Å². The fourth-order valence-electron chi connectivity index (χ4n) is 2.83. The molecule has 0 unspecified atom stereocenters. The maximum atomic E-state index is 12.3. The monoisotopic (exact) mass is 375 g/mol. The highest BCUT2D eigenvalue weighted by Crippen LogP contribution is 2.19. The smallest absolute Gasteiger partial charge is 0.277 e. The summed E-state index contributed by atoms with van der Waals surface area (Å²) in [5, 5.41) is 18.0. The summed E-state index contributed by atoms with van der Waals surface area (Å²) in [5.74, 6) is 0.218. The number of nitrogens with one attached hydrogen (secondary N) is 2. The lowest BCUT2D eigenvalue weighted by atomic mass is 10.1. The third-order valence-electron chi connectivity index (χ3n) is 4.19. The molecule has 0 spiro atoms. The van der Waals surface area contributed by atoms with Crippen LogP contribution in [0.2, 0.25) is 0 Å². The molecule has 0 bridgehead atoms. The van der Waals surface area contributed by atoms with Gasteiger partial charge < -0.3 is 15.2 Å². The first-order chi connectivity index (χ1) is 12.3. The molecule has 2 aromatic heterocycles. The Kier molecular flexibility index (Phi) is 5.59. The van der Waals surface area contributed by atoms with Crippen molar-refractivity contribution >= 4 is 24.0 Å². The molecule has 0 aliphatic carbocycles. The maximum absolute atomic E-state index is 12.3. The average Bonchev–Trinajstić information content (AvgIpc) is 3.35. The van der Waals surface area contributed by atoms with E-state index in [-0.39, 0.29) is 18.3 Å². The third-order valence-corrected chi connectivity index (χ3v) is 4.19. The second-order valence-electron chi connectivity index (χ2n) is 5.85. The lowest BCUT2D eigenvalue weighted by Gasteiger charge is -2.22. The molecular weight excluding hydrogens is 358 g/mol. The Morgan fingerprint density at radius 2 is 2.00 bits per heavy atom. The highest BCUT2D eigenvalue weighted by molar-refractivity contribution is 6.02. The van der Waals surface area contributed by atoms with E-state index in [2.05, 4.69) is 31.1 Å². The molecule has 1 aliphatic heterocycles. The summed E-state index contributed by atoms with van der Waals surface area (Å²) >= 11 is 0. The first-order valence-electron chi connectivity index (χ1n) is 8.10. The first-order valence-corrected chi connectivity index (χ1v) is 8.10. The minimum absolute atomic E-state index is 0. The van der Waals surface area contributed by atoms with Crippen LogP contribution in [0.3, 0.4) is 0 Å². The lowest BCUT2D eigenvalue weighted by Crippen LogP contribution is -2.29. The second kappa shape index (κ2) is 8.07. The van der Waals surface area contributed by atoms with Crippen molar-refractivity contribution in [3.05, 3.63) is 42.5 Å². The SMILES string of the molecule is Cl.O=C(Nc1ccc(-c2ncon2)cc1)c1cn(C2CCNCC2)nn1. The van der Waals surface area contributed by atoms with E-state index < -0.39 is 0 Å². The quantitative estimate of drug-likeness (QED) is 0.716. The van der Waals surface area contributed by atoms with Crippen LogP contribution >= 0.6 is 12.4 Å². The van der Waals surface area contributed by atoms with Gasteiger partial charge in [-0.2, -0.15) is 4.98 Å². The van der Waals surface area contributed by atoms with E-state index in [1.54, 1.807) is 23.0 Å². The van der Waals surface area contributed by atoms with Gasteiger partial charge in [-0.1, -0.05) is 10.4 Å². The molecule has 1 amide bonds. The van der Waals surface area contributed by atoms with E-state index in [1.165, 1.54) is 6.39 Å². The number of carbonyl (C=O) groups excluding carboxylic acids is 1. The predicted molar refractivity (Wildman–Crippen MR) is 96.1 cm³/mol. The molecule has 2 N–H and O–H groups in total. The van der Waals surface area contributed by atoms with Crippen LogP contribution in [-0.4, -0.2) is 44.1 Å². The zero-order valence-corrected chi connectivity index (χ0v) is 14.6. The largest absolute Gasteiger partial charge is 0.342 e. The van der Waals surface area contributed by atoms with Crippen LogP contribution in [0.4, 0.5) is 5.69 Å². The Hall–Kier alpha value is -2.78. The van der Waals surface area contributed by atoms with Crippen molar-refractivity contribution in [1.29, 1.82) is 0 Å². The molecule has 4 rings (SSSR count). The van der Waals surface area contributed by atoms with E-state index >= 15 is 0 Å². The number of halogens is 1. The number of piperidine rings is 1. The highest BCUT2D eigenvalue weighted by atomic mass is 35.5. The summed E-state index contributed by atoms with van der Waals surface area (Å²) in [6, 6.07) is 7.48. The van der Waals surface area contributed by atoms with E-state index in [0.29, 0.717) is 23.2 Å². The molecule has 9 nitrogen and oxygen atoms in total. The number of hydrogen-bond acceptors (Lipinski definition) is 7. The van der Waals surface area contributed by atoms with Gasteiger partial charge in [0, 0.05) is 11.3 Å². The van der Waals surface area contributed by atoms with Crippen LogP contribution in [-0.2, 0) is 0 Å². The molecule has 3 heterocycles. The summed E-state index contributed by atoms with van der Waals surface area (Å²) in [5.41, 5.74) is 1.78. The summed E-state index contributed by atoms with van der Waals surface area (Å²) in [6.07, 6.45) is 4.96. The van der Waals surface area contributed by atoms with E-state index in [9.17, 15) is 4.79 Å². The number of aromatic nitrogens is 5. The van der Waals surface area contributed by atoms with Gasteiger partial charge in [0.15, 0.2) is 5.69 Å². The van der Waals surface area contributed by atoms with Crippen molar-refractivity contribution in [3.8, 4) is 11.4 Å². The molecule has 1 aliphatic rings. The Bertz CT molecular complexity index is 842. The molecule has 136 valence electrons. The van der Waals surface area contributed by atoms with Gasteiger partial charge in [-0.25, -0.2) is 4.68 Å². The highest BCUT2D eigenvalue weighted by Gasteiger charge is 2.18. The van der Waals surface area contributed by atoms with Crippen LogP contribution in [0.1, 0.15) is 29.4 Å². The fourth-order valence-corrected chi connectivity index (χ4v) is 2.83. The van der Waals surface area contributed by atoms with Crippen LogP contribution in [0.5, 0.6) is 0 Å². The fraction of sp³-hybridized carbons (Fsp3) is 0.312. The molecule has 1 saturated heterocycles. The Balaban J connectivity index is 0.00000196. The maximum Gasteiger partial charge on any atom is 0.277 e. The number of rotatable bonds is 4. The molecular formula is C16H18ClN7O2. The van der Waals surface area contributed by atoms with E-state index in [0.717, 1.165) is 31.5 Å². The van der Waals surface area contributed by atoms with Crippen LogP contribution in [0.15, 0.2) is 41.4 Å². The third kappa shape index (κ3) is 3.89. The average molecular weight is 376 g/mol. The predicted octanol–water partition coefficient (Wildman–Crippen LogP) is 1.93. The Morgan fingerprint density at radius 3 is 2.69 bits per heavy atom. The number of carbonyl (C=O) groups is 1. The van der Waals surface area contributed by atoms with Crippen molar-refractivity contribution in [3.63, 3.8) is 0 Å². The minimum atomic E-state index is -0.285. The molecule has 1 aromatic carbocycles. The number of hydrogen-bond donors (Lipinski definition) is 2. The summed E-state index contributed by atoms with van der Waals surface area (Å²) in [4.78, 5) is 16.3. The van der Waals surface area contributed by atoms with Gasteiger partial charge in [0.25, 0.3) is 5.91 Å². The van der Waals surface area contributed by atoms with Gasteiger partial charge in [-0.3, -0.25) is 4.79 Å². The molecule has 1 fully saturated rings. The molecule has 0 radical (unpaired) electrons. The summed E-state index contributed by atoms with van der Waals surface area (Å²) < 4.78 is 6.51. The second-order valence-corrected chi connectivity index (χ2v) is 5.85. The standard InChI is InChI=1S/C16H17N7O2.ClH/c24-16(14-9-23(22-20-14)13-5-7-17-8-6-13)19-12-3-1-11(2-4-12)15-18-10-25-21-15;/h1-4,9-10,13,17H,5-8H2,(H,19,24);1H. The van der Waals surface area contributed by atoms with Crippen LogP contribution < -0.4 is 10.6 Å². The molecule has 10 heteroatoms. The molecule has 26 heavy (non-hydrogen) atoms. The first kappa shape index (κ1) is 18.0. The van der Waals surface area contributed by atoms with Gasteiger partial charge in [0.2, 0.25) is 12.2 Å². The van der Waals surface area contributed by atoms with Crippen molar-refractivity contribution < 1.29 is 9.32 Å². The van der Waals surface area contributed by atoms with E-state index in [1.807, 2.05) is 12.1 Å². The van der Waals surface area contributed by atoms with Crippen molar-refractivity contribution in [2.45, 2.75) is 18.9 Å². The van der Waals surface area contributed by atoms with Gasteiger partial charge >= 0.3 is 0 Å². The number of anilines is 1. The topological polar surface area (TPSA) is 111 Å². The molecule has 3 aromatic rings. The lowest BCUT2D eigenvalue weighted by molar-refractivity contribution is 0.102. The Morgan fingerprint density at radius 1 is 1.23 bits per heavy atom. The van der Waals surface area contributed by atoms with Gasteiger partial charge in [-0.05, 0) is 50.2 Å². The van der Waals surface area contributed by atoms with E-state index in [4.69, 9.17) is 4.52 Å². The van der Waals surface area contributed by atoms with Crippen LogP contribution in [0, 0.1) is 0 Å². The number of nitrogens with zero attached hydrogens (tertiary/aromatic N) is 5. The zero-order chi connectivity index (χ0) is 17.1. The minimum Gasteiger partial charge on any atom is -0.342 e. The zero-order valence-electron chi connectivity index (χ0n) is 13.8. The summed E-state index contributed by atoms with van der Waals surface area (Å²) in [7, 11) is 0. The van der Waals surface area contributed by atoms with Gasteiger partial charge in [0.1, 0.15) is 0 Å². The van der Waals surface area contributed by atoms with Crippen molar-refractivity contribution in [1.82, 2.24) is 30.5 Å². The number of amides is 1. The Labute approximate surface area is 155 Å². The van der Waals surface area contributed by atoms with Crippen LogP contribution in [0.25, 0.3) is 11.4 Å². The normalized spacial score (nSPS) is 14.6. The molecule has 0 atom stereocenters. The van der Waals surface area contributed by atoms with Gasteiger partial charge in [0.05, 0.1) is 12.2 Å². The van der Waals surface area contributed by atoms with Gasteiger partial charge in [-0.15, -0.1) is 17.5 Å². The van der Waals surface area contributed by atoms with Crippen molar-refractivity contribution in [2.75, 3.05) is 18.4 Å². The summed E-state index contributed by atoms with van der Waals surface area (Å²) in [6.45, 7) is 1.91. The molecule has 0 saturated carbocycles.